The van der Waals surface area contributed by atoms with E-state index in [2.05, 4.69) is 10.4 Å². The first-order valence-corrected chi connectivity index (χ1v) is 7.01. The van der Waals surface area contributed by atoms with Gasteiger partial charge in [0.05, 0.1) is 5.69 Å². The van der Waals surface area contributed by atoms with Gasteiger partial charge in [-0.15, -0.1) is 0 Å². The molecule has 3 N–H and O–H groups in total. The van der Waals surface area contributed by atoms with Crippen molar-refractivity contribution in [3.8, 4) is 0 Å². The van der Waals surface area contributed by atoms with Crippen LogP contribution in [0, 0.1) is 13.8 Å². The van der Waals surface area contributed by atoms with Crippen LogP contribution >= 0.6 is 23.8 Å². The maximum atomic E-state index is 6.03. The Morgan fingerprint density at radius 1 is 1.45 bits per heavy atom. The second kappa shape index (κ2) is 5.81. The number of benzene rings is 1. The minimum atomic E-state index is 0.351. The zero-order valence-corrected chi connectivity index (χ0v) is 13.3. The monoisotopic (exact) mass is 308 g/mol. The lowest BCUT2D eigenvalue weighted by atomic mass is 10.1. The number of aryl methyl sites for hydroxylation is 2. The first kappa shape index (κ1) is 14.8. The fourth-order valence-corrected chi connectivity index (χ4v) is 2.48. The van der Waals surface area contributed by atoms with Gasteiger partial charge in [0.25, 0.3) is 0 Å². The van der Waals surface area contributed by atoms with E-state index in [4.69, 9.17) is 29.6 Å². The Hall–Kier alpha value is -1.59. The number of aromatic nitrogens is 2. The van der Waals surface area contributed by atoms with Gasteiger partial charge in [-0.05, 0) is 32.0 Å². The largest absolute Gasteiger partial charge is 0.389 e. The SMILES string of the molecule is Cc1nn(C)c(C)c1CNc1cc(Cl)ccc1C(N)=S. The van der Waals surface area contributed by atoms with Crippen molar-refractivity contribution in [2.75, 3.05) is 5.32 Å². The molecule has 0 fully saturated rings. The van der Waals surface area contributed by atoms with E-state index in [0.717, 1.165) is 22.6 Å². The number of anilines is 1. The average Bonchev–Trinajstić information content (AvgIpc) is 2.61. The molecule has 0 saturated heterocycles. The van der Waals surface area contributed by atoms with E-state index in [1.165, 1.54) is 5.56 Å². The van der Waals surface area contributed by atoms with Crippen LogP contribution in [0.3, 0.4) is 0 Å². The Bertz CT molecular complexity index is 663. The lowest BCUT2D eigenvalue weighted by molar-refractivity contribution is 0.730. The lowest BCUT2D eigenvalue weighted by Crippen LogP contribution is -2.13. The third kappa shape index (κ3) is 2.94. The molecule has 0 aliphatic heterocycles. The fraction of sp³-hybridized carbons (Fsp3) is 0.286. The van der Waals surface area contributed by atoms with Crippen LogP contribution in [0.4, 0.5) is 5.69 Å². The first-order chi connectivity index (χ1) is 9.40. The zero-order chi connectivity index (χ0) is 14.9. The van der Waals surface area contributed by atoms with Crippen molar-refractivity contribution < 1.29 is 0 Å². The van der Waals surface area contributed by atoms with Gasteiger partial charge in [-0.3, -0.25) is 4.68 Å². The third-order valence-corrected chi connectivity index (χ3v) is 3.82. The number of halogens is 1. The summed E-state index contributed by atoms with van der Waals surface area (Å²) < 4.78 is 1.87. The van der Waals surface area contributed by atoms with Gasteiger partial charge in [0.2, 0.25) is 0 Å². The van der Waals surface area contributed by atoms with Gasteiger partial charge in [-0.2, -0.15) is 5.10 Å². The highest BCUT2D eigenvalue weighted by Gasteiger charge is 2.11. The Kier molecular flexibility index (Phi) is 4.30. The second-order valence-corrected chi connectivity index (χ2v) is 5.56. The summed E-state index contributed by atoms with van der Waals surface area (Å²) in [5.74, 6) is 0. The Morgan fingerprint density at radius 3 is 2.70 bits per heavy atom. The molecule has 1 heterocycles. The molecule has 1 aromatic carbocycles. The van der Waals surface area contributed by atoms with Crippen molar-refractivity contribution in [2.24, 2.45) is 12.8 Å². The molecule has 0 amide bonds. The van der Waals surface area contributed by atoms with Gasteiger partial charge >= 0.3 is 0 Å². The Morgan fingerprint density at radius 2 is 2.15 bits per heavy atom. The lowest BCUT2D eigenvalue weighted by Gasteiger charge is -2.12. The van der Waals surface area contributed by atoms with E-state index in [-0.39, 0.29) is 0 Å². The van der Waals surface area contributed by atoms with Crippen LogP contribution in [0.1, 0.15) is 22.5 Å². The molecular formula is C14H17ClN4S. The number of hydrogen-bond acceptors (Lipinski definition) is 3. The zero-order valence-electron chi connectivity index (χ0n) is 11.7. The van der Waals surface area contributed by atoms with Gasteiger partial charge < -0.3 is 11.1 Å². The van der Waals surface area contributed by atoms with E-state index in [1.54, 1.807) is 6.07 Å². The number of nitrogens with one attached hydrogen (secondary N) is 1. The molecule has 0 atom stereocenters. The van der Waals surface area contributed by atoms with Crippen LogP contribution in [0.25, 0.3) is 0 Å². The maximum Gasteiger partial charge on any atom is 0.106 e. The molecular weight excluding hydrogens is 292 g/mol. The maximum absolute atomic E-state index is 6.03. The summed E-state index contributed by atoms with van der Waals surface area (Å²) >= 11 is 11.1. The standard InChI is InChI=1S/C14H17ClN4S/c1-8-12(9(2)19(3)18-8)7-17-13-6-10(15)4-5-11(13)14(16)20/h4-6,17H,7H2,1-3H3,(H2,16,20). The van der Waals surface area contributed by atoms with Crippen LogP contribution in [0.15, 0.2) is 18.2 Å². The van der Waals surface area contributed by atoms with Gasteiger partial charge in [-0.1, -0.05) is 23.8 Å². The molecule has 2 rings (SSSR count). The quantitative estimate of drug-likeness (QED) is 0.853. The molecule has 0 saturated carbocycles. The predicted octanol–water partition coefficient (Wildman–Crippen LogP) is 2.94. The van der Waals surface area contributed by atoms with Crippen LogP contribution < -0.4 is 11.1 Å². The summed E-state index contributed by atoms with van der Waals surface area (Å²) in [6.07, 6.45) is 0. The minimum absolute atomic E-state index is 0.351. The van der Waals surface area contributed by atoms with E-state index >= 15 is 0 Å². The van der Waals surface area contributed by atoms with Gasteiger partial charge in [0.1, 0.15) is 4.99 Å². The summed E-state index contributed by atoms with van der Waals surface area (Å²) in [5.41, 5.74) is 10.7. The van der Waals surface area contributed by atoms with Gasteiger partial charge in [0, 0.05) is 41.1 Å². The van der Waals surface area contributed by atoms with Crippen molar-refractivity contribution in [1.82, 2.24) is 9.78 Å². The smallest absolute Gasteiger partial charge is 0.106 e. The van der Waals surface area contributed by atoms with Crippen molar-refractivity contribution in [2.45, 2.75) is 20.4 Å². The van der Waals surface area contributed by atoms with E-state index in [9.17, 15) is 0 Å². The normalized spacial score (nSPS) is 10.6. The third-order valence-electron chi connectivity index (χ3n) is 3.36. The minimum Gasteiger partial charge on any atom is -0.389 e. The molecule has 106 valence electrons. The number of rotatable bonds is 4. The molecule has 1 aromatic heterocycles. The number of thiocarbonyl (C=S) groups is 1. The van der Waals surface area contributed by atoms with E-state index < -0.39 is 0 Å². The van der Waals surface area contributed by atoms with Crippen molar-refractivity contribution >= 4 is 34.5 Å². The highest BCUT2D eigenvalue weighted by molar-refractivity contribution is 7.80. The molecule has 0 aliphatic carbocycles. The molecule has 2 aromatic rings. The van der Waals surface area contributed by atoms with E-state index in [0.29, 0.717) is 16.6 Å². The molecule has 0 spiro atoms. The Balaban J connectivity index is 2.27. The molecule has 0 bridgehead atoms. The van der Waals surface area contributed by atoms with Crippen LogP contribution in [0.2, 0.25) is 5.02 Å². The first-order valence-electron chi connectivity index (χ1n) is 6.22. The average molecular weight is 309 g/mol. The highest BCUT2D eigenvalue weighted by Crippen LogP contribution is 2.23. The summed E-state index contributed by atoms with van der Waals surface area (Å²) in [5, 5.41) is 8.39. The number of hydrogen-bond donors (Lipinski definition) is 2. The molecule has 0 unspecified atom stereocenters. The fourth-order valence-electron chi connectivity index (χ4n) is 2.13. The summed E-state index contributed by atoms with van der Waals surface area (Å²) in [7, 11) is 1.94. The van der Waals surface area contributed by atoms with Crippen molar-refractivity contribution in [3.05, 3.63) is 45.7 Å². The molecule has 20 heavy (non-hydrogen) atoms. The van der Waals surface area contributed by atoms with Gasteiger partial charge in [0.15, 0.2) is 0 Å². The molecule has 6 heteroatoms. The van der Waals surface area contributed by atoms with Crippen molar-refractivity contribution in [3.63, 3.8) is 0 Å². The van der Waals surface area contributed by atoms with Crippen LogP contribution in [-0.2, 0) is 13.6 Å². The molecule has 0 aliphatic rings. The summed E-state index contributed by atoms with van der Waals surface area (Å²) in [6, 6.07) is 5.44. The Labute approximate surface area is 128 Å². The van der Waals surface area contributed by atoms with Gasteiger partial charge in [-0.25, -0.2) is 0 Å². The van der Waals surface area contributed by atoms with Crippen LogP contribution in [0.5, 0.6) is 0 Å². The van der Waals surface area contributed by atoms with Crippen LogP contribution in [-0.4, -0.2) is 14.8 Å². The van der Waals surface area contributed by atoms with E-state index in [1.807, 2.05) is 37.7 Å². The number of nitrogens with zero attached hydrogens (tertiary/aromatic N) is 2. The number of nitrogens with two attached hydrogens (primary N) is 1. The topological polar surface area (TPSA) is 55.9 Å². The molecule has 0 radical (unpaired) electrons. The highest BCUT2D eigenvalue weighted by atomic mass is 35.5. The summed E-state index contributed by atoms with van der Waals surface area (Å²) in [6.45, 7) is 4.70. The van der Waals surface area contributed by atoms with Crippen molar-refractivity contribution in [1.29, 1.82) is 0 Å². The second-order valence-electron chi connectivity index (χ2n) is 4.68. The summed E-state index contributed by atoms with van der Waals surface area (Å²) in [4.78, 5) is 0.351. The predicted molar refractivity (Wildman–Crippen MR) is 87.3 cm³/mol. The molecule has 4 nitrogen and oxygen atoms in total.